The molecule has 3 saturated heterocycles. The summed E-state index contributed by atoms with van der Waals surface area (Å²) in [7, 11) is 0. The number of ether oxygens (including phenoxy) is 5. The van der Waals surface area contributed by atoms with Crippen molar-refractivity contribution in [1.82, 2.24) is 5.32 Å². The van der Waals surface area contributed by atoms with Gasteiger partial charge in [0.2, 0.25) is 5.91 Å². The van der Waals surface area contributed by atoms with Crippen LogP contribution in [-0.4, -0.2) is 61.7 Å². The van der Waals surface area contributed by atoms with Gasteiger partial charge in [-0.15, -0.1) is 0 Å². The fraction of sp³-hybridized carbons (Fsp3) is 0.865. The number of nitrogens with one attached hydrogen (secondary N) is 1. The van der Waals surface area contributed by atoms with Gasteiger partial charge in [-0.2, -0.15) is 0 Å². The molecule has 7 nitrogen and oxygen atoms in total. The van der Waals surface area contributed by atoms with E-state index in [-0.39, 0.29) is 60.2 Å². The molecule has 0 aliphatic carbocycles. The van der Waals surface area contributed by atoms with Gasteiger partial charge in [0.05, 0.1) is 43.2 Å². The van der Waals surface area contributed by atoms with E-state index in [9.17, 15) is 0 Å². The van der Waals surface area contributed by atoms with E-state index in [4.69, 9.17) is 23.7 Å². The van der Waals surface area contributed by atoms with Crippen LogP contribution in [0.4, 0.5) is 0 Å². The average molecular weight is 826 g/mol. The average Bonchev–Trinajstić information content (AvgIpc) is 3.24. The SMILES string of the molecule is CCCCC(CCCC)(CC(=O)NC(CC[C@H]1OC(CC)[C@H](C)C(C)[C@H]1C)(CO[C@H]1OC(CC)[C@H](C)C(C)[C@H]1C)CO[C@H]1OC(CC)[C@H](C)C(C)[C@H]1C)c1ccccc1. The molecule has 0 bridgehead atoms. The molecule has 1 N–H and O–H groups in total. The largest absolute Gasteiger partial charge is 0.374 e. The summed E-state index contributed by atoms with van der Waals surface area (Å²) in [6, 6.07) is 10.8. The van der Waals surface area contributed by atoms with Crippen LogP contribution in [0.15, 0.2) is 30.3 Å². The maximum atomic E-state index is 15.2. The second-order valence-electron chi connectivity index (χ2n) is 20.3. The number of carbonyl (C=O) groups excluding carboxylic acids is 1. The predicted molar refractivity (Wildman–Crippen MR) is 243 cm³/mol. The molecule has 0 radical (unpaired) electrons. The van der Waals surface area contributed by atoms with Crippen molar-refractivity contribution in [3.8, 4) is 0 Å². The highest BCUT2D eigenvalue weighted by Gasteiger charge is 2.46. The van der Waals surface area contributed by atoms with Crippen molar-refractivity contribution in [3.05, 3.63) is 35.9 Å². The Morgan fingerprint density at radius 2 is 0.983 bits per heavy atom. The highest BCUT2D eigenvalue weighted by atomic mass is 16.7. The van der Waals surface area contributed by atoms with Crippen molar-refractivity contribution in [2.24, 2.45) is 53.3 Å². The summed E-state index contributed by atoms with van der Waals surface area (Å²) >= 11 is 0. The van der Waals surface area contributed by atoms with Gasteiger partial charge in [0.15, 0.2) is 12.6 Å². The van der Waals surface area contributed by atoms with E-state index in [0.717, 1.165) is 64.2 Å². The fourth-order valence-electron chi connectivity index (χ4n) is 11.1. The van der Waals surface area contributed by atoms with Crippen LogP contribution in [0, 0.1) is 53.3 Å². The molecule has 0 spiro atoms. The van der Waals surface area contributed by atoms with Crippen LogP contribution in [0.2, 0.25) is 0 Å². The summed E-state index contributed by atoms with van der Waals surface area (Å²) in [6.45, 7) is 32.7. The first-order chi connectivity index (χ1) is 28.1. The summed E-state index contributed by atoms with van der Waals surface area (Å²) < 4.78 is 34.6. The first kappa shape index (κ1) is 50.1. The highest BCUT2D eigenvalue weighted by molar-refractivity contribution is 5.78. The topological polar surface area (TPSA) is 75.3 Å². The lowest BCUT2D eigenvalue weighted by Crippen LogP contribution is -2.59. The number of amides is 1. The standard InChI is InChI=1S/C52H91NO6/c1-15-20-28-51(29-21-16-2,43-25-23-22-24-26-43)31-48(54)53-52(30-27-47-40(12)34(6)37(9)44(17-3)57-47,32-55-49-41(13)35(7)38(10)45(18-4)58-49)33-56-50-42(14)36(8)39(11)46(19-5)59-50/h22-26,34-42,44-47,49-50H,15-21,27-33H2,1-14H3,(H,53,54)/t34?,35?,36?,37-,38-,39-,40-,41-,42-,44?,45?,46?,47-,49+,50+,52?/m1/s1. The molecule has 0 saturated carbocycles. The lowest BCUT2D eigenvalue weighted by atomic mass is 9.70. The van der Waals surface area contributed by atoms with E-state index >= 15 is 4.79 Å². The van der Waals surface area contributed by atoms with E-state index in [1.807, 2.05) is 0 Å². The number of hydrogen-bond donors (Lipinski definition) is 1. The zero-order valence-corrected chi connectivity index (χ0v) is 40.4. The predicted octanol–water partition coefficient (Wildman–Crippen LogP) is 12.5. The van der Waals surface area contributed by atoms with Gasteiger partial charge in [-0.25, -0.2) is 0 Å². The minimum Gasteiger partial charge on any atom is -0.374 e. The van der Waals surface area contributed by atoms with E-state index in [2.05, 4.69) is 133 Å². The molecule has 3 fully saturated rings. The molecule has 340 valence electrons. The minimum absolute atomic E-state index is 0.0661. The van der Waals surface area contributed by atoms with Gasteiger partial charge >= 0.3 is 0 Å². The molecule has 7 heteroatoms. The van der Waals surface area contributed by atoms with E-state index < -0.39 is 5.54 Å². The zero-order chi connectivity index (χ0) is 43.5. The van der Waals surface area contributed by atoms with Gasteiger partial charge in [-0.3, -0.25) is 4.79 Å². The third kappa shape index (κ3) is 12.4. The molecule has 1 amide bonds. The molecule has 6 unspecified atom stereocenters. The number of carbonyl (C=O) groups is 1. The van der Waals surface area contributed by atoms with Crippen molar-refractivity contribution in [1.29, 1.82) is 0 Å². The Balaban J connectivity index is 1.77. The van der Waals surface area contributed by atoms with Gasteiger partial charge in [0.25, 0.3) is 0 Å². The molecule has 1 aromatic carbocycles. The van der Waals surface area contributed by atoms with Crippen LogP contribution in [0.3, 0.4) is 0 Å². The summed E-state index contributed by atoms with van der Waals surface area (Å²) in [5.74, 6) is 3.69. The van der Waals surface area contributed by atoms with Crippen LogP contribution in [-0.2, 0) is 33.9 Å². The molecule has 15 atom stereocenters. The Labute approximate surface area is 362 Å². The maximum absolute atomic E-state index is 15.2. The maximum Gasteiger partial charge on any atom is 0.221 e. The third-order valence-corrected chi connectivity index (χ3v) is 16.6. The highest BCUT2D eigenvalue weighted by Crippen LogP contribution is 2.43. The first-order valence-electron chi connectivity index (χ1n) is 24.7. The van der Waals surface area contributed by atoms with Gasteiger partial charge < -0.3 is 29.0 Å². The molecule has 3 aliphatic heterocycles. The van der Waals surface area contributed by atoms with E-state index in [1.54, 1.807) is 0 Å². The van der Waals surface area contributed by atoms with Crippen LogP contribution >= 0.6 is 0 Å². The van der Waals surface area contributed by atoms with Gasteiger partial charge in [-0.1, -0.05) is 153 Å². The van der Waals surface area contributed by atoms with Crippen molar-refractivity contribution < 1.29 is 28.5 Å². The normalized spacial score (nSPS) is 36.5. The van der Waals surface area contributed by atoms with Gasteiger partial charge in [-0.05, 0) is 91.9 Å². The molecule has 1 aromatic rings. The second-order valence-corrected chi connectivity index (χ2v) is 20.3. The lowest BCUT2D eigenvalue weighted by Gasteiger charge is -2.47. The first-order valence-corrected chi connectivity index (χ1v) is 24.7. The number of unbranched alkanes of at least 4 members (excludes halogenated alkanes) is 2. The summed E-state index contributed by atoms with van der Waals surface area (Å²) in [4.78, 5) is 15.2. The Bertz CT molecular complexity index is 1240. The lowest BCUT2D eigenvalue weighted by molar-refractivity contribution is -0.270. The Morgan fingerprint density at radius 3 is 1.42 bits per heavy atom. The second kappa shape index (κ2) is 23.3. The summed E-state index contributed by atoms with van der Waals surface area (Å²) in [6.07, 6.45) is 10.9. The molecule has 59 heavy (non-hydrogen) atoms. The minimum atomic E-state index is -0.833. The molecule has 3 aliphatic rings. The number of hydrogen-bond acceptors (Lipinski definition) is 6. The van der Waals surface area contributed by atoms with E-state index in [1.165, 1.54) is 5.56 Å². The van der Waals surface area contributed by atoms with Crippen LogP contribution in [0.25, 0.3) is 0 Å². The molecule has 4 rings (SSSR count). The quantitative estimate of drug-likeness (QED) is 0.125. The van der Waals surface area contributed by atoms with Crippen molar-refractivity contribution >= 4 is 5.91 Å². The smallest absolute Gasteiger partial charge is 0.221 e. The zero-order valence-electron chi connectivity index (χ0n) is 40.4. The van der Waals surface area contributed by atoms with Crippen LogP contribution in [0.1, 0.15) is 180 Å². The van der Waals surface area contributed by atoms with Crippen LogP contribution in [0.5, 0.6) is 0 Å². The van der Waals surface area contributed by atoms with Crippen LogP contribution < -0.4 is 5.32 Å². The summed E-state index contributed by atoms with van der Waals surface area (Å²) in [5, 5.41) is 3.75. The summed E-state index contributed by atoms with van der Waals surface area (Å²) in [5.41, 5.74) is 0.179. The number of benzene rings is 1. The molecule has 3 heterocycles. The van der Waals surface area contributed by atoms with Crippen molar-refractivity contribution in [2.45, 2.75) is 222 Å². The number of rotatable bonds is 22. The monoisotopic (exact) mass is 826 g/mol. The fourth-order valence-corrected chi connectivity index (χ4v) is 11.1. The van der Waals surface area contributed by atoms with Gasteiger partial charge in [0.1, 0.15) is 0 Å². The Hall–Kier alpha value is -1.51. The Morgan fingerprint density at radius 1 is 0.559 bits per heavy atom. The molecular formula is C52H91NO6. The van der Waals surface area contributed by atoms with Gasteiger partial charge in [0, 0.05) is 23.7 Å². The van der Waals surface area contributed by atoms with Crippen molar-refractivity contribution in [2.75, 3.05) is 13.2 Å². The van der Waals surface area contributed by atoms with Crippen molar-refractivity contribution in [3.63, 3.8) is 0 Å². The van der Waals surface area contributed by atoms with E-state index in [0.29, 0.717) is 67.5 Å². The molecule has 0 aromatic heterocycles. The third-order valence-electron chi connectivity index (χ3n) is 16.6. The Kier molecular flexibility index (Phi) is 19.8. The molecular weight excluding hydrogens is 735 g/mol.